The molecule has 3 fully saturated rings. The van der Waals surface area contributed by atoms with Gasteiger partial charge in [0.25, 0.3) is 0 Å². The van der Waals surface area contributed by atoms with E-state index >= 15 is 0 Å². The lowest BCUT2D eigenvalue weighted by Crippen LogP contribution is -2.49. The first-order valence-electron chi connectivity index (χ1n) is 8.43. The molecule has 0 amide bonds. The zero-order valence-corrected chi connectivity index (χ0v) is 12.4. The summed E-state index contributed by atoms with van der Waals surface area (Å²) in [7, 11) is 0. The van der Waals surface area contributed by atoms with Crippen LogP contribution < -0.4 is 5.32 Å². The first kappa shape index (κ1) is 13.8. The van der Waals surface area contributed by atoms with E-state index in [9.17, 15) is 0 Å². The highest BCUT2D eigenvalue weighted by Gasteiger charge is 2.39. The molecule has 0 aromatic heterocycles. The molecule has 2 aliphatic heterocycles. The molecule has 1 saturated carbocycles. The molecule has 0 spiro atoms. The Kier molecular flexibility index (Phi) is 4.78. The first-order chi connectivity index (χ1) is 9.36. The van der Waals surface area contributed by atoms with Crippen molar-refractivity contribution in [1.29, 1.82) is 0 Å². The molecule has 2 heterocycles. The largest absolute Gasteiger partial charge is 0.381 e. The van der Waals surface area contributed by atoms with E-state index in [1.807, 2.05) is 0 Å². The van der Waals surface area contributed by atoms with Gasteiger partial charge >= 0.3 is 0 Å². The van der Waals surface area contributed by atoms with E-state index in [1.54, 1.807) is 0 Å². The Morgan fingerprint density at radius 3 is 2.47 bits per heavy atom. The van der Waals surface area contributed by atoms with E-state index in [-0.39, 0.29) is 0 Å². The fraction of sp³-hybridized carbons (Fsp3) is 1.00. The van der Waals surface area contributed by atoms with Gasteiger partial charge in [0, 0.05) is 37.9 Å². The summed E-state index contributed by atoms with van der Waals surface area (Å²) >= 11 is 0. The van der Waals surface area contributed by atoms with Gasteiger partial charge in [0.05, 0.1) is 0 Å². The third-order valence-electron chi connectivity index (χ3n) is 5.13. The lowest BCUT2D eigenvalue weighted by Gasteiger charge is -2.39. The molecule has 3 nitrogen and oxygen atoms in total. The first-order valence-corrected chi connectivity index (χ1v) is 8.43. The van der Waals surface area contributed by atoms with Gasteiger partial charge in [0.2, 0.25) is 0 Å². The molecule has 19 heavy (non-hydrogen) atoms. The second-order valence-corrected chi connectivity index (χ2v) is 6.72. The van der Waals surface area contributed by atoms with Gasteiger partial charge in [-0.2, -0.15) is 0 Å². The highest BCUT2D eigenvalue weighted by Crippen LogP contribution is 2.35. The van der Waals surface area contributed by atoms with Gasteiger partial charge in [-0.1, -0.05) is 6.92 Å². The molecule has 2 saturated heterocycles. The summed E-state index contributed by atoms with van der Waals surface area (Å²) in [6.45, 7) is 6.61. The van der Waals surface area contributed by atoms with Crippen molar-refractivity contribution < 1.29 is 4.74 Å². The van der Waals surface area contributed by atoms with Gasteiger partial charge in [0.1, 0.15) is 0 Å². The maximum Gasteiger partial charge on any atom is 0.0494 e. The van der Waals surface area contributed by atoms with E-state index in [1.165, 1.54) is 51.5 Å². The number of fused-ring (bicyclic) bond motifs is 2. The molecule has 2 bridgehead atoms. The summed E-state index contributed by atoms with van der Waals surface area (Å²) in [6.07, 6.45) is 9.63. The average Bonchev–Trinajstić information content (AvgIpc) is 3.18. The van der Waals surface area contributed by atoms with Crippen LogP contribution in [0.3, 0.4) is 0 Å². The Morgan fingerprint density at radius 2 is 1.84 bits per heavy atom. The van der Waals surface area contributed by atoms with Gasteiger partial charge < -0.3 is 10.1 Å². The molecule has 3 aliphatic rings. The SMILES string of the molecule is CCNC1CC2CCC(C1)N2CCCOCC1CC1. The molecular formula is C16H30N2O. The van der Waals surface area contributed by atoms with Crippen LogP contribution in [0.2, 0.25) is 0 Å². The number of hydrogen-bond donors (Lipinski definition) is 1. The summed E-state index contributed by atoms with van der Waals surface area (Å²) in [4.78, 5) is 2.79. The molecule has 3 rings (SSSR count). The summed E-state index contributed by atoms with van der Waals surface area (Å²) in [5.41, 5.74) is 0. The Bertz CT molecular complexity index is 266. The highest BCUT2D eigenvalue weighted by atomic mass is 16.5. The molecule has 1 N–H and O–H groups in total. The van der Waals surface area contributed by atoms with E-state index < -0.39 is 0 Å². The molecule has 110 valence electrons. The Hall–Kier alpha value is -0.120. The van der Waals surface area contributed by atoms with Crippen LogP contribution in [0.5, 0.6) is 0 Å². The number of piperidine rings is 1. The van der Waals surface area contributed by atoms with Crippen LogP contribution in [-0.4, -0.2) is 49.3 Å². The number of hydrogen-bond acceptors (Lipinski definition) is 3. The third kappa shape index (κ3) is 3.71. The monoisotopic (exact) mass is 266 g/mol. The van der Waals surface area contributed by atoms with Crippen LogP contribution >= 0.6 is 0 Å². The number of rotatable bonds is 8. The van der Waals surface area contributed by atoms with Crippen LogP contribution in [-0.2, 0) is 4.74 Å². The summed E-state index contributed by atoms with van der Waals surface area (Å²) in [5.74, 6) is 0.909. The standard InChI is InChI=1S/C16H30N2O/c1-2-17-14-10-15-6-7-16(11-14)18(15)8-3-9-19-12-13-4-5-13/h13-17H,2-12H2,1H3. The number of nitrogens with zero attached hydrogens (tertiary/aromatic N) is 1. The van der Waals surface area contributed by atoms with Gasteiger partial charge in [-0.05, 0) is 57.4 Å². The molecule has 3 heteroatoms. The van der Waals surface area contributed by atoms with E-state index in [4.69, 9.17) is 4.74 Å². The van der Waals surface area contributed by atoms with Crippen molar-refractivity contribution in [2.24, 2.45) is 5.92 Å². The van der Waals surface area contributed by atoms with E-state index in [0.717, 1.165) is 43.8 Å². The van der Waals surface area contributed by atoms with Gasteiger partial charge in [0.15, 0.2) is 0 Å². The van der Waals surface area contributed by atoms with Crippen LogP contribution in [0.1, 0.15) is 51.9 Å². The quantitative estimate of drug-likeness (QED) is 0.683. The fourth-order valence-electron chi connectivity index (χ4n) is 3.98. The second kappa shape index (κ2) is 6.55. The zero-order valence-electron chi connectivity index (χ0n) is 12.4. The molecular weight excluding hydrogens is 236 g/mol. The zero-order chi connectivity index (χ0) is 13.1. The van der Waals surface area contributed by atoms with E-state index in [0.29, 0.717) is 0 Å². The van der Waals surface area contributed by atoms with Crippen molar-refractivity contribution in [2.75, 3.05) is 26.3 Å². The number of ether oxygens (including phenoxy) is 1. The van der Waals surface area contributed by atoms with E-state index in [2.05, 4.69) is 17.1 Å². The Morgan fingerprint density at radius 1 is 1.11 bits per heavy atom. The van der Waals surface area contributed by atoms with Gasteiger partial charge in [-0.3, -0.25) is 4.90 Å². The van der Waals surface area contributed by atoms with Crippen molar-refractivity contribution in [3.8, 4) is 0 Å². The second-order valence-electron chi connectivity index (χ2n) is 6.72. The van der Waals surface area contributed by atoms with Crippen molar-refractivity contribution >= 4 is 0 Å². The molecule has 0 aromatic carbocycles. The highest BCUT2D eigenvalue weighted by molar-refractivity contribution is 4.97. The topological polar surface area (TPSA) is 24.5 Å². The van der Waals surface area contributed by atoms with Gasteiger partial charge in [-0.15, -0.1) is 0 Å². The minimum absolute atomic E-state index is 0.782. The van der Waals surface area contributed by atoms with Crippen LogP contribution in [0.4, 0.5) is 0 Å². The summed E-state index contributed by atoms with van der Waals surface area (Å²) < 4.78 is 5.76. The third-order valence-corrected chi connectivity index (χ3v) is 5.13. The predicted molar refractivity (Wildman–Crippen MR) is 78.4 cm³/mol. The molecule has 2 unspecified atom stereocenters. The van der Waals surface area contributed by atoms with Crippen molar-refractivity contribution in [2.45, 2.75) is 70.0 Å². The van der Waals surface area contributed by atoms with Crippen molar-refractivity contribution in [3.05, 3.63) is 0 Å². The minimum atomic E-state index is 0.782. The number of nitrogens with one attached hydrogen (secondary N) is 1. The maximum absolute atomic E-state index is 5.76. The smallest absolute Gasteiger partial charge is 0.0494 e. The average molecular weight is 266 g/mol. The molecule has 0 radical (unpaired) electrons. The van der Waals surface area contributed by atoms with Crippen molar-refractivity contribution in [3.63, 3.8) is 0 Å². The summed E-state index contributed by atoms with van der Waals surface area (Å²) in [5, 5.41) is 3.65. The molecule has 0 aromatic rings. The predicted octanol–water partition coefficient (Wildman–Crippen LogP) is 2.41. The molecule has 2 atom stereocenters. The Labute approximate surface area is 118 Å². The Balaban J connectivity index is 1.34. The normalized spacial score (nSPS) is 34.9. The van der Waals surface area contributed by atoms with Crippen LogP contribution in [0.25, 0.3) is 0 Å². The minimum Gasteiger partial charge on any atom is -0.381 e. The lowest BCUT2D eigenvalue weighted by molar-refractivity contribution is 0.0822. The van der Waals surface area contributed by atoms with Crippen LogP contribution in [0, 0.1) is 5.92 Å². The fourth-order valence-corrected chi connectivity index (χ4v) is 3.98. The maximum atomic E-state index is 5.76. The summed E-state index contributed by atoms with van der Waals surface area (Å²) in [6, 6.07) is 2.49. The van der Waals surface area contributed by atoms with Crippen LogP contribution in [0.15, 0.2) is 0 Å². The van der Waals surface area contributed by atoms with Gasteiger partial charge in [-0.25, -0.2) is 0 Å². The molecule has 1 aliphatic carbocycles. The lowest BCUT2D eigenvalue weighted by atomic mass is 9.97. The van der Waals surface area contributed by atoms with Crippen molar-refractivity contribution in [1.82, 2.24) is 10.2 Å².